The van der Waals surface area contributed by atoms with E-state index in [0.717, 1.165) is 5.56 Å². The number of ether oxygens (including phenoxy) is 2. The van der Waals surface area contributed by atoms with Crippen molar-refractivity contribution < 1.29 is 27.2 Å². The van der Waals surface area contributed by atoms with Crippen LogP contribution in [0.25, 0.3) is 11.3 Å². The number of nitrogens with zero attached hydrogens (tertiary/aromatic N) is 1. The average molecular weight is 445 g/mol. The molecule has 1 atom stereocenters. The predicted octanol–water partition coefficient (Wildman–Crippen LogP) is 3.40. The molecule has 9 heteroatoms. The summed E-state index contributed by atoms with van der Waals surface area (Å²) in [6.45, 7) is 3.29. The number of carbonyl (C=O) groups is 1. The predicted molar refractivity (Wildman–Crippen MR) is 114 cm³/mol. The molecule has 0 aliphatic heterocycles. The van der Waals surface area contributed by atoms with E-state index >= 15 is 0 Å². The van der Waals surface area contributed by atoms with Gasteiger partial charge < -0.3 is 14.0 Å². The van der Waals surface area contributed by atoms with Crippen LogP contribution in [-0.2, 0) is 26.2 Å². The first kappa shape index (κ1) is 22.5. The molecule has 0 unspecified atom stereocenters. The summed E-state index contributed by atoms with van der Waals surface area (Å²) in [6.07, 6.45) is 0. The Labute approximate surface area is 181 Å². The lowest BCUT2D eigenvalue weighted by Crippen LogP contribution is -2.45. The van der Waals surface area contributed by atoms with E-state index in [9.17, 15) is 13.2 Å². The highest BCUT2D eigenvalue weighted by atomic mass is 32.2. The summed E-state index contributed by atoms with van der Waals surface area (Å²) in [4.78, 5) is 12.6. The minimum Gasteiger partial charge on any atom is -0.497 e. The Morgan fingerprint density at radius 2 is 1.77 bits per heavy atom. The highest BCUT2D eigenvalue weighted by Crippen LogP contribution is 2.20. The van der Waals surface area contributed by atoms with Crippen molar-refractivity contribution in [3.05, 3.63) is 66.4 Å². The minimum absolute atomic E-state index is 0.0227. The second-order valence-electron chi connectivity index (χ2n) is 7.17. The van der Waals surface area contributed by atoms with Crippen LogP contribution in [0, 0.1) is 5.92 Å². The van der Waals surface area contributed by atoms with Gasteiger partial charge in [-0.1, -0.05) is 49.3 Å². The summed E-state index contributed by atoms with van der Waals surface area (Å²) in [5, 5.41) is 3.97. The van der Waals surface area contributed by atoms with E-state index in [1.54, 1.807) is 19.9 Å². The highest BCUT2D eigenvalue weighted by molar-refractivity contribution is 7.89. The van der Waals surface area contributed by atoms with Gasteiger partial charge in [0.25, 0.3) is 0 Å². The lowest BCUT2D eigenvalue weighted by atomic mass is 10.1. The first-order valence-electron chi connectivity index (χ1n) is 9.64. The van der Waals surface area contributed by atoms with Gasteiger partial charge in [-0.3, -0.25) is 4.79 Å². The molecule has 3 rings (SSSR count). The molecule has 1 N–H and O–H groups in total. The van der Waals surface area contributed by atoms with Gasteiger partial charge in [-0.15, -0.1) is 0 Å². The molecule has 0 fully saturated rings. The molecule has 31 heavy (non-hydrogen) atoms. The number of rotatable bonds is 9. The molecule has 0 bridgehead atoms. The first-order valence-corrected chi connectivity index (χ1v) is 11.1. The standard InChI is InChI=1S/C22H24N2O6S/c1-15(2)21(24-31(26,27)19-11-9-17(28-3)10-12-19)22(25)29-14-18-13-20(23-30-18)16-7-5-4-6-8-16/h4-13,15,21,24H,14H2,1-3H3/t21-/m0/s1. The van der Waals surface area contributed by atoms with Gasteiger partial charge in [-0.2, -0.15) is 4.72 Å². The summed E-state index contributed by atoms with van der Waals surface area (Å²) in [6, 6.07) is 15.9. The van der Waals surface area contributed by atoms with Crippen LogP contribution >= 0.6 is 0 Å². The van der Waals surface area contributed by atoms with Gasteiger partial charge in [0.1, 0.15) is 17.5 Å². The summed E-state index contributed by atoms with van der Waals surface area (Å²) in [7, 11) is -2.44. The third-order valence-corrected chi connectivity index (χ3v) is 6.01. The zero-order valence-corrected chi connectivity index (χ0v) is 18.3. The smallest absolute Gasteiger partial charge is 0.324 e. The van der Waals surface area contributed by atoms with Crippen molar-refractivity contribution in [3.8, 4) is 17.0 Å². The SMILES string of the molecule is COc1ccc(S(=O)(=O)N[C@H](C(=O)OCc2cc(-c3ccccc3)no2)C(C)C)cc1. The van der Waals surface area contributed by atoms with Crippen molar-refractivity contribution in [2.45, 2.75) is 31.4 Å². The van der Waals surface area contributed by atoms with Crippen LogP contribution < -0.4 is 9.46 Å². The maximum atomic E-state index is 12.7. The van der Waals surface area contributed by atoms with Gasteiger partial charge in [-0.05, 0) is 30.2 Å². The number of methoxy groups -OCH3 is 1. The Bertz CT molecular complexity index is 1110. The van der Waals surface area contributed by atoms with Gasteiger partial charge in [0.2, 0.25) is 10.0 Å². The van der Waals surface area contributed by atoms with E-state index in [-0.39, 0.29) is 17.4 Å². The summed E-state index contributed by atoms with van der Waals surface area (Å²) >= 11 is 0. The molecule has 8 nitrogen and oxygen atoms in total. The number of hydrogen-bond donors (Lipinski definition) is 1. The van der Waals surface area contributed by atoms with Crippen LogP contribution in [0.4, 0.5) is 0 Å². The normalized spacial score (nSPS) is 12.5. The van der Waals surface area contributed by atoms with E-state index in [1.807, 2.05) is 30.3 Å². The van der Waals surface area contributed by atoms with Crippen molar-refractivity contribution in [1.29, 1.82) is 0 Å². The molecular weight excluding hydrogens is 420 g/mol. The molecule has 3 aromatic rings. The van der Waals surface area contributed by atoms with Crippen molar-refractivity contribution in [2.75, 3.05) is 7.11 Å². The van der Waals surface area contributed by atoms with Crippen LogP contribution in [0.1, 0.15) is 19.6 Å². The third-order valence-electron chi connectivity index (χ3n) is 4.56. The third kappa shape index (κ3) is 5.71. The van der Waals surface area contributed by atoms with Gasteiger partial charge in [0.05, 0.1) is 12.0 Å². The van der Waals surface area contributed by atoms with Crippen LogP contribution in [0.3, 0.4) is 0 Å². The van der Waals surface area contributed by atoms with Crippen LogP contribution in [-0.4, -0.2) is 32.7 Å². The van der Waals surface area contributed by atoms with E-state index in [4.69, 9.17) is 14.0 Å². The molecule has 0 spiro atoms. The van der Waals surface area contributed by atoms with Crippen molar-refractivity contribution in [3.63, 3.8) is 0 Å². The molecule has 0 amide bonds. The van der Waals surface area contributed by atoms with E-state index in [2.05, 4.69) is 9.88 Å². The molecule has 2 aromatic carbocycles. The zero-order valence-electron chi connectivity index (χ0n) is 17.4. The number of carbonyl (C=O) groups excluding carboxylic acids is 1. The Hall–Kier alpha value is -3.17. The zero-order chi connectivity index (χ0) is 22.4. The molecule has 0 radical (unpaired) electrons. The second-order valence-corrected chi connectivity index (χ2v) is 8.88. The highest BCUT2D eigenvalue weighted by Gasteiger charge is 2.30. The lowest BCUT2D eigenvalue weighted by molar-refractivity contribution is -0.148. The molecule has 1 heterocycles. The fourth-order valence-electron chi connectivity index (χ4n) is 2.80. The minimum atomic E-state index is -3.93. The van der Waals surface area contributed by atoms with Crippen LogP contribution in [0.15, 0.2) is 70.1 Å². The Morgan fingerprint density at radius 1 is 1.10 bits per heavy atom. The fraction of sp³-hybridized carbons (Fsp3) is 0.273. The van der Waals surface area contributed by atoms with E-state index in [1.165, 1.54) is 31.4 Å². The number of esters is 1. The van der Waals surface area contributed by atoms with Crippen molar-refractivity contribution >= 4 is 16.0 Å². The molecule has 164 valence electrons. The Kier molecular flexibility index (Phi) is 7.09. The van der Waals surface area contributed by atoms with Gasteiger partial charge >= 0.3 is 5.97 Å². The monoisotopic (exact) mass is 444 g/mol. The number of hydrogen-bond acceptors (Lipinski definition) is 7. The fourth-order valence-corrected chi connectivity index (χ4v) is 4.14. The van der Waals surface area contributed by atoms with Crippen LogP contribution in [0.2, 0.25) is 0 Å². The molecule has 0 saturated carbocycles. The van der Waals surface area contributed by atoms with Gasteiger partial charge in [0.15, 0.2) is 12.4 Å². The molecule has 0 aliphatic rings. The Balaban J connectivity index is 1.66. The Morgan fingerprint density at radius 3 is 2.39 bits per heavy atom. The topological polar surface area (TPSA) is 108 Å². The van der Waals surface area contributed by atoms with E-state index < -0.39 is 22.0 Å². The number of sulfonamides is 1. The van der Waals surface area contributed by atoms with Gasteiger partial charge in [-0.25, -0.2) is 8.42 Å². The maximum absolute atomic E-state index is 12.7. The number of aromatic nitrogens is 1. The van der Waals surface area contributed by atoms with Crippen molar-refractivity contribution in [2.24, 2.45) is 5.92 Å². The first-order chi connectivity index (χ1) is 14.8. The summed E-state index contributed by atoms with van der Waals surface area (Å²) < 4.78 is 43.4. The largest absolute Gasteiger partial charge is 0.497 e. The van der Waals surface area contributed by atoms with Crippen molar-refractivity contribution in [1.82, 2.24) is 9.88 Å². The van der Waals surface area contributed by atoms with Crippen LogP contribution in [0.5, 0.6) is 5.75 Å². The molecule has 1 aromatic heterocycles. The average Bonchev–Trinajstić information content (AvgIpc) is 3.25. The molecular formula is C22H24N2O6S. The second kappa shape index (κ2) is 9.76. The number of nitrogens with one attached hydrogen (secondary N) is 1. The maximum Gasteiger partial charge on any atom is 0.324 e. The van der Waals surface area contributed by atoms with E-state index in [0.29, 0.717) is 17.2 Å². The summed E-state index contributed by atoms with van der Waals surface area (Å²) in [5.41, 5.74) is 1.49. The van der Waals surface area contributed by atoms with Gasteiger partial charge in [0, 0.05) is 11.6 Å². The summed E-state index contributed by atoms with van der Waals surface area (Å²) in [5.74, 6) is -0.159. The quantitative estimate of drug-likeness (QED) is 0.504. The number of benzene rings is 2. The molecule has 0 saturated heterocycles. The molecule has 0 aliphatic carbocycles. The lowest BCUT2D eigenvalue weighted by Gasteiger charge is -2.20.